The molecule has 4 rings (SSSR count). The molecular formula is C30H38N2O6. The van der Waals surface area contributed by atoms with Crippen LogP contribution in [0.2, 0.25) is 0 Å². The van der Waals surface area contributed by atoms with Crippen molar-refractivity contribution in [2.75, 3.05) is 46.0 Å². The van der Waals surface area contributed by atoms with Gasteiger partial charge in [0.15, 0.2) is 0 Å². The maximum Gasteiger partial charge on any atom is 0.295 e. The Bertz CT molecular complexity index is 1120. The normalized spacial score (nSPS) is 19.8. The lowest BCUT2D eigenvalue weighted by atomic mass is 9.95. The zero-order valence-electron chi connectivity index (χ0n) is 22.5. The highest BCUT2D eigenvalue weighted by atomic mass is 16.5. The molecule has 8 heteroatoms. The first-order valence-corrected chi connectivity index (χ1v) is 13.5. The minimum atomic E-state index is -0.702. The molecule has 0 bridgehead atoms. The number of benzene rings is 2. The van der Waals surface area contributed by atoms with Gasteiger partial charge in [-0.15, -0.1) is 0 Å². The molecule has 1 N–H and O–H groups in total. The standard InChI is InChI=1S/C30H38N2O6/c1-4-5-18-37-24-10-6-22(7-11-24)27-26(28(33)23-8-12-25(13-9-23)38-21(2)3)29(34)30(35)32(27)15-14-31-16-19-36-20-17-31/h6-13,21,27,33H,4-5,14-20H2,1-3H3. The molecule has 2 aromatic carbocycles. The van der Waals surface area contributed by atoms with Gasteiger partial charge >= 0.3 is 0 Å². The summed E-state index contributed by atoms with van der Waals surface area (Å²) in [7, 11) is 0. The second kappa shape index (κ2) is 12.9. The second-order valence-corrected chi connectivity index (χ2v) is 9.91. The lowest BCUT2D eigenvalue weighted by Gasteiger charge is -2.31. The number of hydrogen-bond acceptors (Lipinski definition) is 7. The summed E-state index contributed by atoms with van der Waals surface area (Å²) < 4.78 is 16.9. The molecule has 0 spiro atoms. The number of hydrogen-bond donors (Lipinski definition) is 1. The van der Waals surface area contributed by atoms with E-state index in [4.69, 9.17) is 14.2 Å². The van der Waals surface area contributed by atoms with E-state index in [2.05, 4.69) is 11.8 Å². The van der Waals surface area contributed by atoms with Crippen LogP contribution in [-0.2, 0) is 14.3 Å². The second-order valence-electron chi connectivity index (χ2n) is 9.91. The topological polar surface area (TPSA) is 88.5 Å². The molecule has 0 radical (unpaired) electrons. The molecule has 1 amide bonds. The highest BCUT2D eigenvalue weighted by Crippen LogP contribution is 2.40. The summed E-state index contributed by atoms with van der Waals surface area (Å²) in [6.45, 7) is 10.5. The number of likely N-dealkylation sites (tertiary alicyclic amines) is 1. The van der Waals surface area contributed by atoms with Crippen molar-refractivity contribution >= 4 is 17.4 Å². The molecule has 38 heavy (non-hydrogen) atoms. The largest absolute Gasteiger partial charge is 0.507 e. The average molecular weight is 523 g/mol. The number of ether oxygens (including phenoxy) is 3. The highest BCUT2D eigenvalue weighted by molar-refractivity contribution is 6.46. The quantitative estimate of drug-likeness (QED) is 0.202. The van der Waals surface area contributed by atoms with Gasteiger partial charge in [-0.05, 0) is 62.2 Å². The summed E-state index contributed by atoms with van der Waals surface area (Å²) >= 11 is 0. The minimum Gasteiger partial charge on any atom is -0.507 e. The van der Waals surface area contributed by atoms with Gasteiger partial charge in [0.25, 0.3) is 11.7 Å². The van der Waals surface area contributed by atoms with Crippen LogP contribution in [-0.4, -0.2) is 78.7 Å². The van der Waals surface area contributed by atoms with Crippen molar-refractivity contribution in [3.63, 3.8) is 0 Å². The van der Waals surface area contributed by atoms with Crippen molar-refractivity contribution in [3.05, 3.63) is 65.2 Å². The molecular weight excluding hydrogens is 484 g/mol. The highest BCUT2D eigenvalue weighted by Gasteiger charge is 2.46. The number of nitrogens with zero attached hydrogens (tertiary/aromatic N) is 2. The van der Waals surface area contributed by atoms with Crippen molar-refractivity contribution in [2.45, 2.75) is 45.8 Å². The van der Waals surface area contributed by atoms with E-state index in [1.807, 2.05) is 38.1 Å². The zero-order chi connectivity index (χ0) is 27.1. The maximum atomic E-state index is 13.3. The number of carbonyl (C=O) groups excluding carboxylic acids is 2. The fourth-order valence-electron chi connectivity index (χ4n) is 4.73. The van der Waals surface area contributed by atoms with E-state index >= 15 is 0 Å². The number of carbonyl (C=O) groups is 2. The van der Waals surface area contributed by atoms with Gasteiger partial charge in [0.05, 0.1) is 37.5 Å². The SMILES string of the molecule is CCCCOc1ccc(C2C(=C(O)c3ccc(OC(C)C)cc3)C(=O)C(=O)N2CCN2CCOCC2)cc1. The molecule has 204 valence electrons. The minimum absolute atomic E-state index is 0.0140. The van der Waals surface area contributed by atoms with Gasteiger partial charge in [-0.1, -0.05) is 25.5 Å². The number of morpholine rings is 1. The smallest absolute Gasteiger partial charge is 0.295 e. The molecule has 2 aliphatic rings. The van der Waals surface area contributed by atoms with E-state index in [0.29, 0.717) is 44.2 Å². The van der Waals surface area contributed by atoms with Gasteiger partial charge in [-0.3, -0.25) is 14.5 Å². The van der Waals surface area contributed by atoms with Crippen molar-refractivity contribution in [1.82, 2.24) is 9.80 Å². The van der Waals surface area contributed by atoms with E-state index in [1.54, 1.807) is 29.2 Å². The number of aliphatic hydroxyl groups is 1. The Balaban J connectivity index is 1.66. The molecule has 0 saturated carbocycles. The molecule has 1 atom stereocenters. The van der Waals surface area contributed by atoms with Crippen LogP contribution in [0.5, 0.6) is 11.5 Å². The third-order valence-electron chi connectivity index (χ3n) is 6.76. The van der Waals surface area contributed by atoms with E-state index in [-0.39, 0.29) is 17.4 Å². The van der Waals surface area contributed by atoms with Crippen LogP contribution in [0.15, 0.2) is 54.1 Å². The molecule has 2 saturated heterocycles. The fraction of sp³-hybridized carbons (Fsp3) is 0.467. The maximum absolute atomic E-state index is 13.3. The molecule has 2 heterocycles. The first kappa shape index (κ1) is 27.7. The van der Waals surface area contributed by atoms with Gasteiger partial charge in [-0.25, -0.2) is 0 Å². The van der Waals surface area contributed by atoms with Crippen LogP contribution in [0.3, 0.4) is 0 Å². The third kappa shape index (κ3) is 6.55. The van der Waals surface area contributed by atoms with Gasteiger partial charge in [0.2, 0.25) is 0 Å². The molecule has 2 fully saturated rings. The van der Waals surface area contributed by atoms with Gasteiger partial charge in [0, 0.05) is 31.7 Å². The van der Waals surface area contributed by atoms with Crippen molar-refractivity contribution in [2.24, 2.45) is 0 Å². The fourth-order valence-corrected chi connectivity index (χ4v) is 4.73. The first-order valence-electron chi connectivity index (χ1n) is 13.5. The predicted molar refractivity (Wildman–Crippen MR) is 145 cm³/mol. The molecule has 8 nitrogen and oxygen atoms in total. The summed E-state index contributed by atoms with van der Waals surface area (Å²) in [5.41, 5.74) is 1.29. The molecule has 0 aliphatic carbocycles. The summed E-state index contributed by atoms with van der Waals surface area (Å²) in [5, 5.41) is 11.3. The van der Waals surface area contributed by atoms with Gasteiger partial charge < -0.3 is 24.2 Å². The van der Waals surface area contributed by atoms with Gasteiger partial charge in [-0.2, -0.15) is 0 Å². The zero-order valence-corrected chi connectivity index (χ0v) is 22.5. The van der Waals surface area contributed by atoms with Crippen molar-refractivity contribution in [1.29, 1.82) is 0 Å². The Morgan fingerprint density at radius 2 is 1.66 bits per heavy atom. The lowest BCUT2D eigenvalue weighted by molar-refractivity contribution is -0.140. The monoisotopic (exact) mass is 522 g/mol. The Morgan fingerprint density at radius 3 is 2.29 bits per heavy atom. The van der Waals surface area contributed by atoms with Crippen LogP contribution in [0.1, 0.15) is 50.8 Å². The van der Waals surface area contributed by atoms with Crippen LogP contribution < -0.4 is 9.47 Å². The Hall–Kier alpha value is -3.36. The molecule has 1 unspecified atom stereocenters. The van der Waals surface area contributed by atoms with Crippen molar-refractivity contribution in [3.8, 4) is 11.5 Å². The van der Waals surface area contributed by atoms with E-state index in [9.17, 15) is 14.7 Å². The van der Waals surface area contributed by atoms with Gasteiger partial charge in [0.1, 0.15) is 17.3 Å². The molecule has 2 aromatic rings. The van der Waals surface area contributed by atoms with Crippen LogP contribution in [0, 0.1) is 0 Å². The number of amides is 1. The number of unbranched alkanes of at least 4 members (excludes halogenated alkanes) is 1. The van der Waals surface area contributed by atoms with E-state index in [1.165, 1.54) is 0 Å². The Kier molecular flexibility index (Phi) is 9.42. The lowest BCUT2D eigenvalue weighted by Crippen LogP contribution is -2.42. The van der Waals surface area contributed by atoms with Crippen LogP contribution in [0.25, 0.3) is 5.76 Å². The Labute approximate surface area is 224 Å². The van der Waals surface area contributed by atoms with E-state index < -0.39 is 17.7 Å². The number of ketones is 1. The third-order valence-corrected chi connectivity index (χ3v) is 6.76. The van der Waals surface area contributed by atoms with Crippen LogP contribution in [0.4, 0.5) is 0 Å². The number of rotatable bonds is 11. The average Bonchev–Trinajstić information content (AvgIpc) is 3.17. The Morgan fingerprint density at radius 1 is 1.00 bits per heavy atom. The summed E-state index contributed by atoms with van der Waals surface area (Å²) in [6, 6.07) is 13.6. The van der Waals surface area contributed by atoms with Crippen LogP contribution >= 0.6 is 0 Å². The molecule has 2 aliphatic heterocycles. The summed E-state index contributed by atoms with van der Waals surface area (Å²) in [4.78, 5) is 30.4. The number of aliphatic hydroxyl groups excluding tert-OH is 1. The predicted octanol–water partition coefficient (Wildman–Crippen LogP) is 4.41. The first-order chi connectivity index (χ1) is 18.4. The van der Waals surface area contributed by atoms with Crippen molar-refractivity contribution < 1.29 is 28.9 Å². The molecule has 0 aromatic heterocycles. The van der Waals surface area contributed by atoms with E-state index in [0.717, 1.165) is 37.2 Å². The summed E-state index contributed by atoms with van der Waals surface area (Å²) in [5.74, 6) is -0.0828. The number of Topliss-reactive ketones (excluding diaryl/α,β-unsaturated/α-hetero) is 1. The summed E-state index contributed by atoms with van der Waals surface area (Å²) in [6.07, 6.45) is 2.02.